The Hall–Kier alpha value is -1.46. The molecule has 0 bridgehead atoms. The van der Waals surface area contributed by atoms with Crippen molar-refractivity contribution in [3.63, 3.8) is 0 Å². The van der Waals surface area contributed by atoms with Gasteiger partial charge in [-0.3, -0.25) is 4.79 Å². The first-order valence-electron chi connectivity index (χ1n) is 6.45. The van der Waals surface area contributed by atoms with Crippen molar-refractivity contribution in [2.45, 2.75) is 33.0 Å². The molecule has 0 aliphatic rings. The summed E-state index contributed by atoms with van der Waals surface area (Å²) in [6.45, 7) is 5.25. The first kappa shape index (κ1) is 17.6. The van der Waals surface area contributed by atoms with Crippen molar-refractivity contribution in [1.29, 1.82) is 0 Å². The van der Waals surface area contributed by atoms with Crippen LogP contribution in [0.5, 0.6) is 5.75 Å². The molecule has 0 fully saturated rings. The van der Waals surface area contributed by atoms with Gasteiger partial charge < -0.3 is 14.8 Å². The van der Waals surface area contributed by atoms with Crippen LogP contribution in [-0.4, -0.2) is 30.6 Å². The summed E-state index contributed by atoms with van der Waals surface area (Å²) in [5.41, 5.74) is 0. The zero-order valence-corrected chi connectivity index (χ0v) is 13.5. The van der Waals surface area contributed by atoms with Crippen molar-refractivity contribution in [2.24, 2.45) is 0 Å². The highest BCUT2D eigenvalue weighted by atomic mass is 35.5. The van der Waals surface area contributed by atoms with Gasteiger partial charge in [0.1, 0.15) is 5.75 Å². The Morgan fingerprint density at radius 2 is 1.90 bits per heavy atom. The number of esters is 1. The molecule has 1 aromatic carbocycles. The van der Waals surface area contributed by atoms with Crippen LogP contribution in [0, 0.1) is 0 Å². The van der Waals surface area contributed by atoms with Gasteiger partial charge in [-0.25, -0.2) is 4.79 Å². The van der Waals surface area contributed by atoms with Crippen molar-refractivity contribution < 1.29 is 19.1 Å². The zero-order valence-electron chi connectivity index (χ0n) is 12.0. The zero-order chi connectivity index (χ0) is 16.0. The molecule has 0 radical (unpaired) electrons. The molecule has 0 saturated carbocycles. The van der Waals surface area contributed by atoms with Crippen molar-refractivity contribution in [3.8, 4) is 5.75 Å². The number of carbonyl (C=O) groups excluding carboxylic acids is 2. The van der Waals surface area contributed by atoms with Gasteiger partial charge in [-0.2, -0.15) is 0 Å². The molecule has 5 nitrogen and oxygen atoms in total. The first-order valence-corrected chi connectivity index (χ1v) is 7.20. The predicted molar refractivity (Wildman–Crippen MR) is 80.8 cm³/mol. The number of halogens is 2. The predicted octanol–water partition coefficient (Wildman–Crippen LogP) is 2.83. The quantitative estimate of drug-likeness (QED) is 0.813. The molecule has 0 heterocycles. The fourth-order valence-corrected chi connectivity index (χ4v) is 1.90. The van der Waals surface area contributed by atoms with E-state index in [1.54, 1.807) is 19.1 Å². The van der Waals surface area contributed by atoms with E-state index < -0.39 is 18.2 Å². The molecule has 21 heavy (non-hydrogen) atoms. The summed E-state index contributed by atoms with van der Waals surface area (Å²) >= 11 is 11.7. The molecule has 1 rings (SSSR count). The van der Waals surface area contributed by atoms with Gasteiger partial charge in [0.05, 0.1) is 5.02 Å². The molecule has 2 atom stereocenters. The molecule has 0 aromatic heterocycles. The van der Waals surface area contributed by atoms with Crippen LogP contribution in [0.1, 0.15) is 20.8 Å². The van der Waals surface area contributed by atoms with Crippen LogP contribution in [0.3, 0.4) is 0 Å². The van der Waals surface area contributed by atoms with E-state index in [-0.39, 0.29) is 5.91 Å². The summed E-state index contributed by atoms with van der Waals surface area (Å²) in [5, 5.41) is 3.32. The molecule has 0 spiro atoms. The van der Waals surface area contributed by atoms with Crippen LogP contribution in [0.15, 0.2) is 18.2 Å². The van der Waals surface area contributed by atoms with Crippen LogP contribution in [0.4, 0.5) is 0 Å². The Labute approximate surface area is 133 Å². The highest BCUT2D eigenvalue weighted by Gasteiger charge is 2.23. The van der Waals surface area contributed by atoms with Crippen LogP contribution < -0.4 is 10.1 Å². The molecule has 0 saturated heterocycles. The second kappa shape index (κ2) is 8.10. The van der Waals surface area contributed by atoms with E-state index in [0.29, 0.717) is 22.3 Å². The van der Waals surface area contributed by atoms with E-state index in [9.17, 15) is 9.59 Å². The van der Waals surface area contributed by atoms with Gasteiger partial charge in [0.15, 0.2) is 12.2 Å². The lowest BCUT2D eigenvalue weighted by atomic mass is 10.3. The summed E-state index contributed by atoms with van der Waals surface area (Å²) in [6.07, 6.45) is -1.79. The van der Waals surface area contributed by atoms with E-state index in [4.69, 9.17) is 32.7 Å². The van der Waals surface area contributed by atoms with Crippen molar-refractivity contribution in [1.82, 2.24) is 5.32 Å². The van der Waals surface area contributed by atoms with Crippen molar-refractivity contribution >= 4 is 35.1 Å². The van der Waals surface area contributed by atoms with Gasteiger partial charge in [-0.15, -0.1) is 0 Å². The summed E-state index contributed by atoms with van der Waals surface area (Å²) in [7, 11) is 0. The standard InChI is InChI=1S/C14H17Cl2NO4/c1-4-17-13(18)8(2)21-14(19)9(3)20-12-6-5-10(15)7-11(12)16/h5-9H,4H2,1-3H3,(H,17,18)/t8-,9-/m1/s1. The van der Waals surface area contributed by atoms with Gasteiger partial charge in [0, 0.05) is 11.6 Å². The number of carbonyl (C=O) groups is 2. The molecular formula is C14H17Cl2NO4. The maximum atomic E-state index is 11.8. The molecular weight excluding hydrogens is 317 g/mol. The minimum absolute atomic E-state index is 0.291. The average molecular weight is 334 g/mol. The van der Waals surface area contributed by atoms with Crippen LogP contribution in [-0.2, 0) is 14.3 Å². The number of amides is 1. The van der Waals surface area contributed by atoms with Crippen LogP contribution in [0.2, 0.25) is 10.0 Å². The maximum Gasteiger partial charge on any atom is 0.347 e. The van der Waals surface area contributed by atoms with E-state index >= 15 is 0 Å². The number of ether oxygens (including phenoxy) is 2. The Morgan fingerprint density at radius 3 is 2.48 bits per heavy atom. The minimum Gasteiger partial charge on any atom is -0.477 e. The van der Waals surface area contributed by atoms with Crippen LogP contribution in [0.25, 0.3) is 0 Å². The lowest BCUT2D eigenvalue weighted by Gasteiger charge is -2.18. The maximum absolute atomic E-state index is 11.8. The normalized spacial score (nSPS) is 13.2. The van der Waals surface area contributed by atoms with Gasteiger partial charge in [0.2, 0.25) is 0 Å². The lowest BCUT2D eigenvalue weighted by molar-refractivity contribution is -0.160. The summed E-state index contributed by atoms with van der Waals surface area (Å²) < 4.78 is 10.4. The number of rotatable bonds is 6. The van der Waals surface area contributed by atoms with E-state index in [1.807, 2.05) is 0 Å². The van der Waals surface area contributed by atoms with Gasteiger partial charge >= 0.3 is 5.97 Å². The fourth-order valence-electron chi connectivity index (χ4n) is 1.45. The monoisotopic (exact) mass is 333 g/mol. The van der Waals surface area contributed by atoms with Gasteiger partial charge in [-0.05, 0) is 39.0 Å². The summed E-state index contributed by atoms with van der Waals surface area (Å²) in [4.78, 5) is 23.3. The third-order valence-corrected chi connectivity index (χ3v) is 3.07. The Morgan fingerprint density at radius 1 is 1.24 bits per heavy atom. The molecule has 1 aromatic rings. The number of hydrogen-bond acceptors (Lipinski definition) is 4. The molecule has 0 unspecified atom stereocenters. The molecule has 0 aliphatic carbocycles. The van der Waals surface area contributed by atoms with Crippen LogP contribution >= 0.6 is 23.2 Å². The number of likely N-dealkylation sites (N-methyl/N-ethyl adjacent to an activating group) is 1. The highest BCUT2D eigenvalue weighted by Crippen LogP contribution is 2.28. The van der Waals surface area contributed by atoms with Gasteiger partial charge in [-0.1, -0.05) is 23.2 Å². The molecule has 0 aliphatic heterocycles. The van der Waals surface area contributed by atoms with E-state index in [1.165, 1.54) is 19.9 Å². The lowest BCUT2D eigenvalue weighted by Crippen LogP contribution is -2.38. The molecule has 1 amide bonds. The number of hydrogen-bond donors (Lipinski definition) is 1. The van der Waals surface area contributed by atoms with E-state index in [2.05, 4.69) is 5.32 Å². The van der Waals surface area contributed by atoms with Crippen molar-refractivity contribution in [3.05, 3.63) is 28.2 Å². The molecule has 7 heteroatoms. The number of nitrogens with one attached hydrogen (secondary N) is 1. The Balaban J connectivity index is 2.60. The fraction of sp³-hybridized carbons (Fsp3) is 0.429. The second-order valence-corrected chi connectivity index (χ2v) is 5.15. The third-order valence-electron chi connectivity index (χ3n) is 2.54. The average Bonchev–Trinajstić information content (AvgIpc) is 2.41. The largest absolute Gasteiger partial charge is 0.477 e. The second-order valence-electron chi connectivity index (χ2n) is 4.31. The SMILES string of the molecule is CCNC(=O)[C@@H](C)OC(=O)[C@@H](C)Oc1ccc(Cl)cc1Cl. The summed E-state index contributed by atoms with van der Waals surface area (Å²) in [5.74, 6) is -0.696. The topological polar surface area (TPSA) is 64.6 Å². The van der Waals surface area contributed by atoms with Crippen molar-refractivity contribution in [2.75, 3.05) is 6.54 Å². The molecule has 116 valence electrons. The van der Waals surface area contributed by atoms with Gasteiger partial charge in [0.25, 0.3) is 5.91 Å². The Kier molecular flexibility index (Phi) is 6.78. The number of benzene rings is 1. The molecule has 1 N–H and O–H groups in total. The first-order chi connectivity index (χ1) is 9.85. The smallest absolute Gasteiger partial charge is 0.347 e. The third kappa shape index (κ3) is 5.44. The Bertz CT molecular complexity index is 522. The highest BCUT2D eigenvalue weighted by molar-refractivity contribution is 6.35. The summed E-state index contributed by atoms with van der Waals surface area (Å²) in [6, 6.07) is 4.66. The van der Waals surface area contributed by atoms with E-state index in [0.717, 1.165) is 0 Å². The minimum atomic E-state index is -0.902.